The van der Waals surface area contributed by atoms with Crippen LogP contribution in [0.4, 0.5) is 0 Å². The molecule has 6 heteroatoms. The molecular formula is C16H30N6. The third kappa shape index (κ3) is 4.06. The fraction of sp³-hybridized carbons (Fsp3) is 0.875. The maximum atomic E-state index is 4.42. The van der Waals surface area contributed by atoms with Gasteiger partial charge in [-0.05, 0) is 39.3 Å². The Labute approximate surface area is 134 Å². The molecule has 0 radical (unpaired) electrons. The summed E-state index contributed by atoms with van der Waals surface area (Å²) in [7, 11) is 2.23. The molecule has 1 aromatic heterocycles. The van der Waals surface area contributed by atoms with E-state index in [1.165, 1.54) is 58.7 Å². The van der Waals surface area contributed by atoms with Gasteiger partial charge in [-0.3, -0.25) is 4.90 Å². The summed E-state index contributed by atoms with van der Waals surface area (Å²) in [5, 5.41) is 4.29. The van der Waals surface area contributed by atoms with E-state index in [0.717, 1.165) is 24.8 Å². The smallest absolute Gasteiger partial charge is 0.140 e. The van der Waals surface area contributed by atoms with Gasteiger partial charge < -0.3 is 9.80 Å². The minimum absolute atomic E-state index is 0.815. The Morgan fingerprint density at radius 3 is 2.73 bits per heavy atom. The van der Waals surface area contributed by atoms with Crippen LogP contribution >= 0.6 is 0 Å². The van der Waals surface area contributed by atoms with E-state index >= 15 is 0 Å². The number of aromatic nitrogens is 3. The molecule has 0 bridgehead atoms. The first-order valence-corrected chi connectivity index (χ1v) is 8.74. The molecule has 0 aromatic carbocycles. The summed E-state index contributed by atoms with van der Waals surface area (Å²) in [4.78, 5) is 12.1. The quantitative estimate of drug-likeness (QED) is 0.803. The van der Waals surface area contributed by atoms with E-state index in [9.17, 15) is 0 Å². The van der Waals surface area contributed by atoms with Crippen molar-refractivity contribution in [2.45, 2.75) is 32.9 Å². The van der Waals surface area contributed by atoms with Gasteiger partial charge in [-0.15, -0.1) is 0 Å². The van der Waals surface area contributed by atoms with Gasteiger partial charge in [-0.25, -0.2) is 9.67 Å². The largest absolute Gasteiger partial charge is 0.304 e. The molecule has 3 rings (SSSR count). The van der Waals surface area contributed by atoms with Gasteiger partial charge in [0.05, 0.1) is 6.54 Å². The van der Waals surface area contributed by atoms with E-state index in [1.807, 2.05) is 4.68 Å². The van der Waals surface area contributed by atoms with E-state index in [1.54, 1.807) is 6.33 Å². The van der Waals surface area contributed by atoms with Gasteiger partial charge >= 0.3 is 0 Å². The topological polar surface area (TPSA) is 40.4 Å². The van der Waals surface area contributed by atoms with Crippen molar-refractivity contribution in [3.05, 3.63) is 12.2 Å². The summed E-state index contributed by atoms with van der Waals surface area (Å²) in [6.07, 6.45) is 4.38. The lowest BCUT2D eigenvalue weighted by Crippen LogP contribution is -2.48. The molecule has 0 N–H and O–H groups in total. The van der Waals surface area contributed by atoms with Gasteiger partial charge in [0, 0.05) is 45.8 Å². The van der Waals surface area contributed by atoms with E-state index in [2.05, 4.69) is 38.8 Å². The molecule has 0 spiro atoms. The molecule has 0 amide bonds. The van der Waals surface area contributed by atoms with Crippen molar-refractivity contribution in [1.82, 2.24) is 29.5 Å². The van der Waals surface area contributed by atoms with Crippen molar-refractivity contribution < 1.29 is 0 Å². The zero-order chi connectivity index (χ0) is 15.4. The number of aryl methyl sites for hydroxylation is 1. The van der Waals surface area contributed by atoms with Gasteiger partial charge in [-0.2, -0.15) is 5.10 Å². The summed E-state index contributed by atoms with van der Waals surface area (Å²) in [5.74, 6) is 1.93. The third-order valence-electron chi connectivity index (χ3n) is 5.08. The highest BCUT2D eigenvalue weighted by Crippen LogP contribution is 2.19. The number of rotatable bonds is 5. The summed E-state index contributed by atoms with van der Waals surface area (Å²) in [5.41, 5.74) is 0. The Balaban J connectivity index is 1.49. The molecule has 1 atom stereocenters. The second-order valence-electron chi connectivity index (χ2n) is 6.84. The second kappa shape index (κ2) is 7.53. The molecule has 1 aromatic rings. The molecular weight excluding hydrogens is 276 g/mol. The van der Waals surface area contributed by atoms with Crippen LogP contribution in [0.5, 0.6) is 0 Å². The normalized spacial score (nSPS) is 25.6. The maximum Gasteiger partial charge on any atom is 0.140 e. The van der Waals surface area contributed by atoms with Crippen LogP contribution < -0.4 is 0 Å². The zero-order valence-electron chi connectivity index (χ0n) is 14.1. The number of hydrogen-bond donors (Lipinski definition) is 0. The average molecular weight is 306 g/mol. The maximum absolute atomic E-state index is 4.42. The van der Waals surface area contributed by atoms with Gasteiger partial charge in [0.15, 0.2) is 0 Å². The van der Waals surface area contributed by atoms with Crippen LogP contribution in [-0.2, 0) is 13.1 Å². The summed E-state index contributed by atoms with van der Waals surface area (Å²) >= 11 is 0. The second-order valence-corrected chi connectivity index (χ2v) is 6.84. The standard InChI is InChI=1S/C16H30N6/c1-3-22-16(17-14-18-22)13-21-6-4-5-15(12-21)11-20-9-7-19(2)8-10-20/h14-15H,3-13H2,1-2H3/t15-/m0/s1. The first-order valence-electron chi connectivity index (χ1n) is 8.74. The van der Waals surface area contributed by atoms with Crippen LogP contribution in [0.3, 0.4) is 0 Å². The van der Waals surface area contributed by atoms with Crippen LogP contribution in [0.2, 0.25) is 0 Å². The van der Waals surface area contributed by atoms with Gasteiger partial charge in [-0.1, -0.05) is 0 Å². The lowest BCUT2D eigenvalue weighted by Gasteiger charge is -2.38. The molecule has 0 aliphatic carbocycles. The number of likely N-dealkylation sites (N-methyl/N-ethyl adjacent to an activating group) is 1. The lowest BCUT2D eigenvalue weighted by atomic mass is 9.97. The van der Waals surface area contributed by atoms with Crippen LogP contribution in [0, 0.1) is 5.92 Å². The molecule has 6 nitrogen and oxygen atoms in total. The van der Waals surface area contributed by atoms with Gasteiger partial charge in [0.2, 0.25) is 0 Å². The van der Waals surface area contributed by atoms with Crippen LogP contribution in [0.15, 0.2) is 6.33 Å². The minimum Gasteiger partial charge on any atom is -0.304 e. The van der Waals surface area contributed by atoms with Crippen molar-refractivity contribution >= 4 is 0 Å². The van der Waals surface area contributed by atoms with Crippen molar-refractivity contribution in [3.63, 3.8) is 0 Å². The average Bonchev–Trinajstić information content (AvgIpc) is 2.97. The Hall–Kier alpha value is -0.980. The first-order chi connectivity index (χ1) is 10.7. The Bertz CT molecular complexity index is 451. The Morgan fingerprint density at radius 2 is 1.95 bits per heavy atom. The lowest BCUT2D eigenvalue weighted by molar-refractivity contribution is 0.0950. The predicted molar refractivity (Wildman–Crippen MR) is 87.6 cm³/mol. The van der Waals surface area contributed by atoms with E-state index in [-0.39, 0.29) is 0 Å². The SMILES string of the molecule is CCn1ncnc1CN1CCC[C@@H](CN2CCN(C)CC2)C1. The molecule has 0 saturated carbocycles. The van der Waals surface area contributed by atoms with Crippen molar-refractivity contribution in [2.75, 3.05) is 52.9 Å². The number of nitrogens with zero attached hydrogens (tertiary/aromatic N) is 6. The summed E-state index contributed by atoms with van der Waals surface area (Å²) in [6.45, 7) is 12.6. The Morgan fingerprint density at radius 1 is 1.14 bits per heavy atom. The van der Waals surface area contributed by atoms with Crippen LogP contribution in [0.1, 0.15) is 25.6 Å². The van der Waals surface area contributed by atoms with E-state index < -0.39 is 0 Å². The highest BCUT2D eigenvalue weighted by molar-refractivity contribution is 4.87. The zero-order valence-corrected chi connectivity index (χ0v) is 14.1. The van der Waals surface area contributed by atoms with Crippen molar-refractivity contribution in [1.29, 1.82) is 0 Å². The molecule has 2 aliphatic rings. The number of likely N-dealkylation sites (tertiary alicyclic amines) is 1. The fourth-order valence-electron chi connectivity index (χ4n) is 3.71. The number of hydrogen-bond acceptors (Lipinski definition) is 5. The molecule has 2 fully saturated rings. The molecule has 3 heterocycles. The fourth-order valence-corrected chi connectivity index (χ4v) is 3.71. The molecule has 2 aliphatic heterocycles. The predicted octanol–water partition coefficient (Wildman–Crippen LogP) is 0.757. The van der Waals surface area contributed by atoms with Gasteiger partial charge in [0.25, 0.3) is 0 Å². The van der Waals surface area contributed by atoms with Gasteiger partial charge in [0.1, 0.15) is 12.2 Å². The van der Waals surface area contributed by atoms with Crippen LogP contribution in [0.25, 0.3) is 0 Å². The Kier molecular flexibility index (Phi) is 5.44. The van der Waals surface area contributed by atoms with Crippen LogP contribution in [-0.4, -0.2) is 82.3 Å². The monoisotopic (exact) mass is 306 g/mol. The third-order valence-corrected chi connectivity index (χ3v) is 5.08. The highest BCUT2D eigenvalue weighted by atomic mass is 15.3. The molecule has 124 valence electrons. The number of piperidine rings is 1. The van der Waals surface area contributed by atoms with E-state index in [0.29, 0.717) is 0 Å². The molecule has 22 heavy (non-hydrogen) atoms. The highest BCUT2D eigenvalue weighted by Gasteiger charge is 2.24. The molecule has 0 unspecified atom stereocenters. The molecule has 2 saturated heterocycles. The first kappa shape index (κ1) is 15.9. The summed E-state index contributed by atoms with van der Waals surface area (Å²) in [6, 6.07) is 0. The minimum atomic E-state index is 0.815. The summed E-state index contributed by atoms with van der Waals surface area (Å²) < 4.78 is 2.02. The van der Waals surface area contributed by atoms with Crippen molar-refractivity contribution in [2.24, 2.45) is 5.92 Å². The van der Waals surface area contributed by atoms with E-state index in [4.69, 9.17) is 0 Å². The van der Waals surface area contributed by atoms with Crippen molar-refractivity contribution in [3.8, 4) is 0 Å². The number of piperazine rings is 1.